The van der Waals surface area contributed by atoms with Crippen LogP contribution < -0.4 is 0 Å². The van der Waals surface area contributed by atoms with Gasteiger partial charge in [0.15, 0.2) is 0 Å². The van der Waals surface area contributed by atoms with Gasteiger partial charge in [0.05, 0.1) is 45.5 Å². The average Bonchev–Trinajstić information content (AvgIpc) is 3.61. The highest BCUT2D eigenvalue weighted by molar-refractivity contribution is 6.30. The molecule has 15 heteroatoms. The zero-order valence-corrected chi connectivity index (χ0v) is 24.8. The zero-order valence-electron chi connectivity index (χ0n) is 24.8. The molecule has 0 saturated heterocycles. The highest BCUT2D eigenvalue weighted by atomic mass is 19.4. The van der Waals surface area contributed by atoms with E-state index in [-0.39, 0.29) is 16.7 Å². The van der Waals surface area contributed by atoms with Gasteiger partial charge < -0.3 is 0 Å². The quantitative estimate of drug-likeness (QED) is 0.191. The van der Waals surface area contributed by atoms with Gasteiger partial charge in [-0.2, -0.15) is 68.4 Å². The monoisotopic (exact) mass is 684 g/mol. The molecule has 0 saturated carbocycles. The van der Waals surface area contributed by atoms with E-state index in [1.54, 1.807) is 36.4 Å². The summed E-state index contributed by atoms with van der Waals surface area (Å²) in [4.78, 5) is 0. The van der Waals surface area contributed by atoms with Crippen LogP contribution in [0.3, 0.4) is 0 Å². The SMILES string of the molecule is N#CC(C#N)=C1C(c2ccc(C(F)(F)F)c(C#N)c2)=C(C#N)c2c1cc1c(c2F)C(=C(C#N)C#N)C(c2ccc(C(F)(F)F)c(C#N)c2)=C1C#N. The third kappa shape index (κ3) is 5.19. The van der Waals surface area contributed by atoms with Crippen LogP contribution in [0.25, 0.3) is 33.4 Å². The normalized spacial score (nSPS) is 13.0. The minimum Gasteiger partial charge on any atom is -0.206 e. The second kappa shape index (κ2) is 12.3. The Bertz CT molecular complexity index is 2620. The molecule has 0 amide bonds. The molecule has 0 bridgehead atoms. The van der Waals surface area contributed by atoms with Crippen LogP contribution >= 0.6 is 0 Å². The fourth-order valence-electron chi connectivity index (χ4n) is 5.97. The number of hydrogen-bond donors (Lipinski definition) is 0. The molecule has 3 aromatic rings. The first-order valence-corrected chi connectivity index (χ1v) is 13.7. The number of rotatable bonds is 2. The van der Waals surface area contributed by atoms with Crippen LogP contribution in [0.1, 0.15) is 55.6 Å². The summed E-state index contributed by atoms with van der Waals surface area (Å²) in [5.41, 5.74) is -11.9. The largest absolute Gasteiger partial charge is 0.417 e. The third-order valence-electron chi connectivity index (χ3n) is 7.94. The van der Waals surface area contributed by atoms with Crippen molar-refractivity contribution in [3.8, 4) is 48.6 Å². The lowest BCUT2D eigenvalue weighted by Crippen LogP contribution is -2.08. The molecule has 240 valence electrons. The van der Waals surface area contributed by atoms with Gasteiger partial charge in [0.25, 0.3) is 0 Å². The van der Waals surface area contributed by atoms with Gasteiger partial charge >= 0.3 is 12.4 Å². The predicted octanol–water partition coefficient (Wildman–Crippen LogP) is 8.10. The van der Waals surface area contributed by atoms with Crippen LogP contribution in [-0.2, 0) is 12.4 Å². The van der Waals surface area contributed by atoms with Crippen molar-refractivity contribution < 1.29 is 30.7 Å². The summed E-state index contributed by atoms with van der Waals surface area (Å²) >= 11 is 0. The van der Waals surface area contributed by atoms with Gasteiger partial charge in [0.2, 0.25) is 0 Å². The first-order chi connectivity index (χ1) is 24.2. The molecule has 2 aliphatic rings. The minimum absolute atomic E-state index is 0.305. The summed E-state index contributed by atoms with van der Waals surface area (Å²) in [6, 6.07) is 17.7. The number of hydrogen-bond acceptors (Lipinski definition) is 8. The Balaban J connectivity index is 1.94. The van der Waals surface area contributed by atoms with Gasteiger partial charge in [-0.15, -0.1) is 0 Å². The van der Waals surface area contributed by atoms with Crippen molar-refractivity contribution in [2.75, 3.05) is 0 Å². The second-order valence-corrected chi connectivity index (χ2v) is 10.4. The number of alkyl halides is 6. The lowest BCUT2D eigenvalue weighted by Gasteiger charge is -2.14. The molecule has 51 heavy (non-hydrogen) atoms. The predicted molar refractivity (Wildman–Crippen MR) is 160 cm³/mol. The second-order valence-electron chi connectivity index (χ2n) is 10.4. The number of nitrogens with zero attached hydrogens (tertiary/aromatic N) is 8. The van der Waals surface area contributed by atoms with Crippen molar-refractivity contribution in [2.24, 2.45) is 0 Å². The maximum Gasteiger partial charge on any atom is 0.417 e. The molecular weight excluding hydrogens is 677 g/mol. The van der Waals surface area contributed by atoms with Gasteiger partial charge in [-0.3, -0.25) is 0 Å². The average molecular weight is 684 g/mol. The van der Waals surface area contributed by atoms with E-state index in [9.17, 15) is 68.4 Å². The third-order valence-corrected chi connectivity index (χ3v) is 7.94. The van der Waals surface area contributed by atoms with Gasteiger partial charge in [-0.25, -0.2) is 4.39 Å². The van der Waals surface area contributed by atoms with Gasteiger partial charge in [0.1, 0.15) is 53.4 Å². The molecular formula is C36H7F7N8. The van der Waals surface area contributed by atoms with E-state index in [2.05, 4.69) is 0 Å². The molecule has 5 rings (SSSR count). The summed E-state index contributed by atoms with van der Waals surface area (Å²) in [6.07, 6.45) is -9.96. The van der Waals surface area contributed by atoms with E-state index in [4.69, 9.17) is 0 Å². The Hall–Kier alpha value is -7.95. The molecule has 2 aliphatic carbocycles. The number of fused-ring (bicyclic) bond motifs is 2. The van der Waals surface area contributed by atoms with Crippen molar-refractivity contribution in [3.63, 3.8) is 0 Å². The first-order valence-electron chi connectivity index (χ1n) is 13.7. The van der Waals surface area contributed by atoms with Crippen LogP contribution in [0, 0.1) is 96.5 Å². The molecule has 8 nitrogen and oxygen atoms in total. The van der Waals surface area contributed by atoms with E-state index in [0.717, 1.165) is 30.3 Å². The lowest BCUT2D eigenvalue weighted by molar-refractivity contribution is -0.138. The van der Waals surface area contributed by atoms with Gasteiger partial charge in [-0.05, 0) is 47.0 Å². The molecule has 3 aromatic carbocycles. The van der Waals surface area contributed by atoms with Gasteiger partial charge in [0, 0.05) is 39.0 Å². The van der Waals surface area contributed by atoms with Gasteiger partial charge in [-0.1, -0.05) is 12.1 Å². The van der Waals surface area contributed by atoms with Crippen LogP contribution in [-0.4, -0.2) is 0 Å². The highest BCUT2D eigenvalue weighted by Crippen LogP contribution is 2.56. The zero-order chi connectivity index (χ0) is 37.6. The van der Waals surface area contributed by atoms with Crippen molar-refractivity contribution in [1.82, 2.24) is 0 Å². The van der Waals surface area contributed by atoms with Crippen LogP contribution in [0.4, 0.5) is 30.7 Å². The van der Waals surface area contributed by atoms with E-state index in [1.807, 2.05) is 0 Å². The molecule has 0 radical (unpaired) electrons. The smallest absolute Gasteiger partial charge is 0.206 e. The van der Waals surface area contributed by atoms with E-state index in [1.165, 1.54) is 12.1 Å². The van der Waals surface area contributed by atoms with Crippen molar-refractivity contribution in [2.45, 2.75) is 12.4 Å². The summed E-state index contributed by atoms with van der Waals surface area (Å²) in [6.45, 7) is 0. The summed E-state index contributed by atoms with van der Waals surface area (Å²) < 4.78 is 98.7. The minimum atomic E-state index is -4.98. The molecule has 0 atom stereocenters. The van der Waals surface area contributed by atoms with Crippen LogP contribution in [0.5, 0.6) is 0 Å². The van der Waals surface area contributed by atoms with E-state index >= 15 is 4.39 Å². The highest BCUT2D eigenvalue weighted by Gasteiger charge is 2.42. The van der Waals surface area contributed by atoms with E-state index < -0.39 is 102 Å². The Labute approximate surface area is 282 Å². The van der Waals surface area contributed by atoms with Crippen LogP contribution in [0.2, 0.25) is 0 Å². The topological polar surface area (TPSA) is 190 Å². The fraction of sp³-hybridized carbons (Fsp3) is 0.0556. The molecule has 0 aliphatic heterocycles. The first kappa shape index (κ1) is 34.4. The molecule has 0 aromatic heterocycles. The summed E-state index contributed by atoms with van der Waals surface area (Å²) in [7, 11) is 0. The molecule has 0 heterocycles. The molecule has 0 spiro atoms. The summed E-state index contributed by atoms with van der Waals surface area (Å²) in [5.74, 6) is -1.40. The molecule has 0 unspecified atom stereocenters. The maximum absolute atomic E-state index is 17.1. The number of allylic oxidation sites excluding steroid dienone is 8. The maximum atomic E-state index is 17.1. The molecule has 0 fully saturated rings. The van der Waals surface area contributed by atoms with Crippen molar-refractivity contribution in [1.29, 1.82) is 42.1 Å². The van der Waals surface area contributed by atoms with Crippen molar-refractivity contribution in [3.05, 3.63) is 115 Å². The van der Waals surface area contributed by atoms with Crippen LogP contribution in [0.15, 0.2) is 53.6 Å². The standard InChI is InChI=1S/C36H7F7N8/c37-34-32-23(30(20(10-46)11-47)29(25(32)15-51)17-2-4-27(36(41,42)43)19(6-17)9-45)7-22-24(14-50)28(31(33(22)34)21(12-48)13-49)16-1-3-26(35(38,39)40)18(5-16)8-44/h1-7H. The Morgan fingerprint density at radius 3 is 1.31 bits per heavy atom. The lowest BCUT2D eigenvalue weighted by atomic mass is 9.89. The fourth-order valence-corrected chi connectivity index (χ4v) is 5.97. The summed E-state index contributed by atoms with van der Waals surface area (Å²) in [5, 5.41) is 79.1. The number of nitriles is 8. The Morgan fingerprint density at radius 1 is 0.490 bits per heavy atom. The van der Waals surface area contributed by atoms with Crippen molar-refractivity contribution >= 4 is 33.4 Å². The Kier molecular flexibility index (Phi) is 8.26. The van der Waals surface area contributed by atoms with E-state index in [0.29, 0.717) is 12.1 Å². The Morgan fingerprint density at radius 2 is 0.922 bits per heavy atom. The number of benzene rings is 3. The number of halogens is 7. The molecule has 0 N–H and O–H groups in total.